The highest BCUT2D eigenvalue weighted by Crippen LogP contribution is 2.20. The van der Waals surface area contributed by atoms with E-state index in [1.54, 1.807) is 61.6 Å². The fourth-order valence-electron chi connectivity index (χ4n) is 2.77. The molecule has 0 saturated carbocycles. The Labute approximate surface area is 180 Å². The van der Waals surface area contributed by atoms with Crippen LogP contribution in [0.4, 0.5) is 15.9 Å². The summed E-state index contributed by atoms with van der Waals surface area (Å²) in [4.78, 5) is 31.1. The average Bonchev–Trinajstić information content (AvgIpc) is 2.76. The zero-order valence-corrected chi connectivity index (χ0v) is 17.4. The Morgan fingerprint density at radius 2 is 1.65 bits per heavy atom. The van der Waals surface area contributed by atoms with E-state index in [1.165, 1.54) is 6.07 Å². The predicted molar refractivity (Wildman–Crippen MR) is 122 cm³/mol. The van der Waals surface area contributed by atoms with Crippen molar-refractivity contribution in [3.05, 3.63) is 83.3 Å². The Kier molecular flexibility index (Phi) is 6.45. The van der Waals surface area contributed by atoms with Crippen molar-refractivity contribution in [2.45, 2.75) is 0 Å². The first-order valence-electron chi connectivity index (χ1n) is 9.46. The van der Waals surface area contributed by atoms with Crippen molar-refractivity contribution >= 4 is 42.5 Å². The van der Waals surface area contributed by atoms with E-state index in [9.17, 15) is 14.0 Å². The lowest BCUT2D eigenvalue weighted by molar-refractivity contribution is 0.102. The molecule has 3 aromatic rings. The molecule has 3 rings (SSSR count). The first-order chi connectivity index (χ1) is 14.7. The molecule has 0 bridgehead atoms. The molecule has 0 spiro atoms. The van der Waals surface area contributed by atoms with Crippen LogP contribution >= 0.6 is 0 Å². The lowest BCUT2D eigenvalue weighted by Crippen LogP contribution is -2.22. The largest absolute Gasteiger partial charge is 0.363 e. The van der Waals surface area contributed by atoms with Crippen LogP contribution < -0.4 is 16.1 Å². The Hall–Kier alpha value is -4.01. The number of hydrogen-bond acceptors (Lipinski definition) is 4. The number of carbonyl (C=O) groups excluding carboxylic acids is 2. The highest BCUT2D eigenvalue weighted by atomic mass is 19.1. The number of rotatable bonds is 5. The van der Waals surface area contributed by atoms with Gasteiger partial charge in [0.05, 0.1) is 11.3 Å². The summed E-state index contributed by atoms with van der Waals surface area (Å²) in [7, 11) is 5.39. The first kappa shape index (κ1) is 21.7. The van der Waals surface area contributed by atoms with Gasteiger partial charge in [-0.05, 0) is 36.4 Å². The van der Waals surface area contributed by atoms with Crippen molar-refractivity contribution in [1.82, 2.24) is 9.88 Å². The number of halogens is 1. The minimum Gasteiger partial charge on any atom is -0.363 e. The van der Waals surface area contributed by atoms with Crippen LogP contribution in [0.1, 0.15) is 26.3 Å². The van der Waals surface area contributed by atoms with Gasteiger partial charge in [-0.1, -0.05) is 23.7 Å². The molecule has 3 N–H and O–H groups in total. The smallest absolute Gasteiger partial charge is 0.259 e. The van der Waals surface area contributed by atoms with E-state index in [0.717, 1.165) is 17.6 Å². The monoisotopic (exact) mass is 417 g/mol. The van der Waals surface area contributed by atoms with Crippen LogP contribution in [0.3, 0.4) is 0 Å². The van der Waals surface area contributed by atoms with Gasteiger partial charge in [-0.25, -0.2) is 9.37 Å². The number of carbonyl (C=O) groups is 2. The van der Waals surface area contributed by atoms with Crippen LogP contribution in [0.25, 0.3) is 0 Å². The molecule has 9 heteroatoms. The van der Waals surface area contributed by atoms with E-state index in [1.807, 2.05) is 7.85 Å². The maximum atomic E-state index is 13.8. The second-order valence-electron chi connectivity index (χ2n) is 7.14. The predicted octanol–water partition coefficient (Wildman–Crippen LogP) is 1.87. The summed E-state index contributed by atoms with van der Waals surface area (Å²) in [6.45, 7) is 0. The standard InChI is InChI=1S/C22H21BFN5O2/c1-29(2)20(25)13-3-5-14(6-4-13)21(30)27-18-9-8-16(24)11-17(18)22(31)28-19-10-7-15(23)12-26-19/h3-12,25H,23H2,1-2H3,(H,27,30)(H,26,28,31). The van der Waals surface area contributed by atoms with Crippen molar-refractivity contribution in [3.8, 4) is 0 Å². The SMILES string of the molecule is Bc1ccc(NC(=O)c2cc(F)ccc2NC(=O)c2ccc(C(=N)N(C)C)cc2)nc1. The first-order valence-corrected chi connectivity index (χ1v) is 9.46. The molecule has 0 aliphatic heterocycles. The van der Waals surface area contributed by atoms with Gasteiger partial charge in [0.25, 0.3) is 11.8 Å². The van der Waals surface area contributed by atoms with E-state index >= 15 is 0 Å². The lowest BCUT2D eigenvalue weighted by Gasteiger charge is -2.14. The Bertz CT molecular complexity index is 1130. The van der Waals surface area contributed by atoms with Gasteiger partial charge in [-0.2, -0.15) is 0 Å². The number of nitrogens with one attached hydrogen (secondary N) is 3. The summed E-state index contributed by atoms with van der Waals surface area (Å²) < 4.78 is 13.8. The van der Waals surface area contributed by atoms with Crippen LogP contribution in [0.5, 0.6) is 0 Å². The van der Waals surface area contributed by atoms with E-state index in [4.69, 9.17) is 5.41 Å². The van der Waals surface area contributed by atoms with Crippen LogP contribution in [0.2, 0.25) is 0 Å². The average molecular weight is 417 g/mol. The summed E-state index contributed by atoms with van der Waals surface area (Å²) in [5.41, 5.74) is 2.08. The molecule has 1 aromatic heterocycles. The van der Waals surface area contributed by atoms with Crippen molar-refractivity contribution in [3.63, 3.8) is 0 Å². The quantitative estimate of drug-likeness (QED) is 0.336. The number of anilines is 2. The highest BCUT2D eigenvalue weighted by Gasteiger charge is 2.17. The third kappa shape index (κ3) is 5.33. The number of pyridine rings is 1. The Morgan fingerprint density at radius 1 is 0.968 bits per heavy atom. The molecule has 0 unspecified atom stereocenters. The van der Waals surface area contributed by atoms with E-state index in [0.29, 0.717) is 22.8 Å². The van der Waals surface area contributed by atoms with Gasteiger partial charge in [0.1, 0.15) is 25.3 Å². The molecule has 156 valence electrons. The molecule has 0 fully saturated rings. The van der Waals surface area contributed by atoms with Crippen LogP contribution in [0.15, 0.2) is 60.8 Å². The van der Waals surface area contributed by atoms with Crippen LogP contribution in [0, 0.1) is 11.2 Å². The zero-order valence-electron chi connectivity index (χ0n) is 17.4. The number of nitrogens with zero attached hydrogens (tertiary/aromatic N) is 2. The minimum atomic E-state index is -0.605. The summed E-state index contributed by atoms with van der Waals surface area (Å²) >= 11 is 0. The van der Waals surface area contributed by atoms with Crippen molar-refractivity contribution in [2.75, 3.05) is 24.7 Å². The molecule has 0 atom stereocenters. The van der Waals surface area contributed by atoms with Crippen molar-refractivity contribution in [1.29, 1.82) is 5.41 Å². The van der Waals surface area contributed by atoms with Gasteiger partial charge in [0.15, 0.2) is 0 Å². The van der Waals surface area contributed by atoms with Crippen LogP contribution in [-0.2, 0) is 0 Å². The number of amides is 2. The summed E-state index contributed by atoms with van der Waals surface area (Å²) in [5, 5.41) is 13.2. The number of amidine groups is 1. The molecule has 0 radical (unpaired) electrons. The molecule has 2 aromatic carbocycles. The van der Waals surface area contributed by atoms with E-state index in [2.05, 4.69) is 15.6 Å². The van der Waals surface area contributed by atoms with Gasteiger partial charge >= 0.3 is 0 Å². The molecule has 0 aliphatic carbocycles. The molecule has 0 saturated heterocycles. The number of aromatic nitrogens is 1. The highest BCUT2D eigenvalue weighted by molar-refractivity contribution is 6.32. The van der Waals surface area contributed by atoms with Gasteiger partial charge in [-0.3, -0.25) is 15.0 Å². The third-order valence-corrected chi connectivity index (χ3v) is 4.50. The Balaban J connectivity index is 1.80. The van der Waals surface area contributed by atoms with Crippen molar-refractivity contribution in [2.24, 2.45) is 0 Å². The minimum absolute atomic E-state index is 0.0262. The molecule has 1 heterocycles. The van der Waals surface area contributed by atoms with Gasteiger partial charge in [0.2, 0.25) is 0 Å². The molecule has 31 heavy (non-hydrogen) atoms. The number of benzene rings is 2. The van der Waals surface area contributed by atoms with Gasteiger partial charge in [-0.15, -0.1) is 0 Å². The second kappa shape index (κ2) is 9.21. The normalized spacial score (nSPS) is 10.3. The molecular weight excluding hydrogens is 396 g/mol. The maximum Gasteiger partial charge on any atom is 0.259 e. The molecule has 0 aliphatic rings. The molecule has 7 nitrogen and oxygen atoms in total. The third-order valence-electron chi connectivity index (χ3n) is 4.50. The Morgan fingerprint density at radius 3 is 2.26 bits per heavy atom. The lowest BCUT2D eigenvalue weighted by atomic mass is 9.99. The van der Waals surface area contributed by atoms with Gasteiger partial charge in [0, 0.05) is 31.4 Å². The fraction of sp³-hybridized carbons (Fsp3) is 0.0909. The summed E-state index contributed by atoms with van der Waals surface area (Å²) in [6.07, 6.45) is 1.60. The van der Waals surface area contributed by atoms with Crippen molar-refractivity contribution < 1.29 is 14.0 Å². The van der Waals surface area contributed by atoms with Gasteiger partial charge < -0.3 is 15.5 Å². The molecular formula is C22H21BFN5O2. The summed E-state index contributed by atoms with van der Waals surface area (Å²) in [5.74, 6) is -1.03. The van der Waals surface area contributed by atoms with E-state index < -0.39 is 17.6 Å². The fourth-order valence-corrected chi connectivity index (χ4v) is 2.77. The topological polar surface area (TPSA) is 98.2 Å². The maximum absolute atomic E-state index is 13.8. The van der Waals surface area contributed by atoms with Crippen LogP contribution in [-0.4, -0.2) is 49.5 Å². The zero-order chi connectivity index (χ0) is 22.5. The van der Waals surface area contributed by atoms with E-state index in [-0.39, 0.29) is 11.3 Å². The number of hydrogen-bond donors (Lipinski definition) is 3. The summed E-state index contributed by atoms with van der Waals surface area (Å²) in [6, 6.07) is 13.5. The second-order valence-corrected chi connectivity index (χ2v) is 7.14. The molecule has 2 amide bonds.